The number of hydrogen-bond acceptors (Lipinski definition) is 2. The Morgan fingerprint density at radius 2 is 2.05 bits per heavy atom. The molecule has 2 aromatic rings. The highest BCUT2D eigenvalue weighted by atomic mass is 32.1. The van der Waals surface area contributed by atoms with Crippen LogP contribution in [0.25, 0.3) is 11.0 Å². The third-order valence-corrected chi connectivity index (χ3v) is 3.52. The molecule has 21 heavy (non-hydrogen) atoms. The summed E-state index contributed by atoms with van der Waals surface area (Å²) in [6.45, 7) is 6.05. The van der Waals surface area contributed by atoms with E-state index in [1.807, 2.05) is 13.8 Å². The summed E-state index contributed by atoms with van der Waals surface area (Å²) in [7, 11) is 0. The number of benzene rings is 1. The van der Waals surface area contributed by atoms with Crippen molar-refractivity contribution in [3.05, 3.63) is 28.5 Å². The standard InChI is InChI=1S/C14H17F2N3OS/c1-7(2)6-17-13(20)8(3)19-12-10(18-14(19)21)5-4-9(15)11(12)16/h4-5,7-8H,6H2,1-3H3,(H,17,20)(H,18,21). The van der Waals surface area contributed by atoms with Crippen molar-refractivity contribution < 1.29 is 13.6 Å². The molecule has 0 fully saturated rings. The Balaban J connectivity index is 2.46. The second-order valence-corrected chi connectivity index (χ2v) is 5.76. The predicted octanol–water partition coefficient (Wildman–Crippen LogP) is 3.31. The highest BCUT2D eigenvalue weighted by Crippen LogP contribution is 2.24. The van der Waals surface area contributed by atoms with E-state index in [1.54, 1.807) is 6.92 Å². The van der Waals surface area contributed by atoms with Crippen molar-refractivity contribution in [1.82, 2.24) is 14.9 Å². The second-order valence-electron chi connectivity index (χ2n) is 5.37. The van der Waals surface area contributed by atoms with E-state index in [9.17, 15) is 13.6 Å². The summed E-state index contributed by atoms with van der Waals surface area (Å²) in [6.07, 6.45) is 0. The number of aromatic nitrogens is 2. The number of carbonyl (C=O) groups excluding carboxylic acids is 1. The van der Waals surface area contributed by atoms with Crippen molar-refractivity contribution in [2.45, 2.75) is 26.8 Å². The Morgan fingerprint density at radius 3 is 2.67 bits per heavy atom. The average molecular weight is 313 g/mol. The van der Waals surface area contributed by atoms with Crippen molar-refractivity contribution >= 4 is 29.2 Å². The van der Waals surface area contributed by atoms with E-state index in [0.717, 1.165) is 6.07 Å². The highest BCUT2D eigenvalue weighted by Gasteiger charge is 2.22. The normalized spacial score (nSPS) is 12.9. The molecule has 1 atom stereocenters. The van der Waals surface area contributed by atoms with Gasteiger partial charge in [0.05, 0.1) is 5.52 Å². The van der Waals surface area contributed by atoms with E-state index in [2.05, 4.69) is 10.3 Å². The Labute approximate surface area is 126 Å². The van der Waals surface area contributed by atoms with Gasteiger partial charge < -0.3 is 14.9 Å². The van der Waals surface area contributed by atoms with Gasteiger partial charge in [-0.2, -0.15) is 0 Å². The van der Waals surface area contributed by atoms with Crippen molar-refractivity contribution in [2.75, 3.05) is 6.54 Å². The first kappa shape index (κ1) is 15.6. The fourth-order valence-electron chi connectivity index (χ4n) is 2.09. The molecule has 0 aliphatic heterocycles. The number of amides is 1. The zero-order valence-electron chi connectivity index (χ0n) is 12.0. The van der Waals surface area contributed by atoms with Gasteiger partial charge >= 0.3 is 0 Å². The summed E-state index contributed by atoms with van der Waals surface area (Å²) in [5.41, 5.74) is 0.342. The number of halogens is 2. The van der Waals surface area contributed by atoms with Gasteiger partial charge in [0.2, 0.25) is 5.91 Å². The van der Waals surface area contributed by atoms with E-state index in [1.165, 1.54) is 10.6 Å². The monoisotopic (exact) mass is 313 g/mol. The molecule has 1 heterocycles. The zero-order valence-corrected chi connectivity index (χ0v) is 12.9. The number of nitrogens with one attached hydrogen (secondary N) is 2. The van der Waals surface area contributed by atoms with Crippen LogP contribution >= 0.6 is 12.2 Å². The van der Waals surface area contributed by atoms with Gasteiger partial charge in [0.15, 0.2) is 16.4 Å². The Bertz CT molecular complexity index is 736. The minimum atomic E-state index is -1.01. The van der Waals surface area contributed by atoms with Crippen molar-refractivity contribution in [3.63, 3.8) is 0 Å². The maximum absolute atomic E-state index is 14.0. The average Bonchev–Trinajstić information content (AvgIpc) is 2.76. The van der Waals surface area contributed by atoms with Gasteiger partial charge in [-0.25, -0.2) is 8.78 Å². The van der Waals surface area contributed by atoms with Gasteiger partial charge in [0.25, 0.3) is 0 Å². The number of hydrogen-bond donors (Lipinski definition) is 2. The number of aromatic amines is 1. The van der Waals surface area contributed by atoms with Crippen LogP contribution in [0.2, 0.25) is 0 Å². The Morgan fingerprint density at radius 1 is 1.38 bits per heavy atom. The van der Waals surface area contributed by atoms with Crippen LogP contribution in [0.3, 0.4) is 0 Å². The fourth-order valence-corrected chi connectivity index (χ4v) is 2.45. The van der Waals surface area contributed by atoms with Crippen molar-refractivity contribution in [3.8, 4) is 0 Å². The lowest BCUT2D eigenvalue weighted by molar-refractivity contribution is -0.123. The fraction of sp³-hybridized carbons (Fsp3) is 0.429. The Hall–Kier alpha value is -1.76. The van der Waals surface area contributed by atoms with E-state index in [0.29, 0.717) is 18.0 Å². The molecule has 0 aliphatic rings. The van der Waals surface area contributed by atoms with Crippen LogP contribution in [0.15, 0.2) is 12.1 Å². The van der Waals surface area contributed by atoms with Gasteiger partial charge in [-0.3, -0.25) is 4.79 Å². The molecule has 1 amide bonds. The van der Waals surface area contributed by atoms with Gasteiger partial charge in [-0.1, -0.05) is 13.8 Å². The van der Waals surface area contributed by atoms with Crippen LogP contribution < -0.4 is 5.32 Å². The molecule has 1 aromatic heterocycles. The minimum absolute atomic E-state index is 0.0211. The maximum atomic E-state index is 14.0. The number of rotatable bonds is 4. The van der Waals surface area contributed by atoms with Gasteiger partial charge in [-0.05, 0) is 37.2 Å². The van der Waals surface area contributed by atoms with Crippen LogP contribution in [-0.2, 0) is 4.79 Å². The maximum Gasteiger partial charge on any atom is 0.242 e. The number of nitrogens with zero attached hydrogens (tertiary/aromatic N) is 1. The quantitative estimate of drug-likeness (QED) is 0.851. The lowest BCUT2D eigenvalue weighted by atomic mass is 10.2. The molecule has 1 unspecified atom stereocenters. The molecule has 0 spiro atoms. The van der Waals surface area contributed by atoms with Crippen molar-refractivity contribution in [1.29, 1.82) is 0 Å². The number of fused-ring (bicyclic) bond motifs is 1. The highest BCUT2D eigenvalue weighted by molar-refractivity contribution is 7.71. The molecular formula is C14H17F2N3OS. The van der Waals surface area contributed by atoms with Crippen LogP contribution in [0.4, 0.5) is 8.78 Å². The SMILES string of the molecule is CC(C)CNC(=O)C(C)n1c(=S)[nH]c2ccc(F)c(F)c21. The van der Waals surface area contributed by atoms with Gasteiger partial charge in [0.1, 0.15) is 11.6 Å². The largest absolute Gasteiger partial charge is 0.354 e. The molecule has 0 bridgehead atoms. The Kier molecular flexibility index (Phi) is 4.41. The van der Waals surface area contributed by atoms with Crippen LogP contribution in [0, 0.1) is 22.3 Å². The summed E-state index contributed by atoms with van der Waals surface area (Å²) in [6, 6.07) is 1.69. The van der Waals surface area contributed by atoms with Crippen LogP contribution in [0.1, 0.15) is 26.8 Å². The molecule has 0 aliphatic carbocycles. The first-order valence-corrected chi connectivity index (χ1v) is 7.09. The lowest BCUT2D eigenvalue weighted by Gasteiger charge is -2.16. The molecule has 4 nitrogen and oxygen atoms in total. The molecule has 0 radical (unpaired) electrons. The third kappa shape index (κ3) is 2.97. The molecule has 2 rings (SSSR count). The first-order valence-electron chi connectivity index (χ1n) is 6.68. The summed E-state index contributed by atoms with van der Waals surface area (Å²) < 4.78 is 28.9. The molecule has 1 aromatic carbocycles. The summed E-state index contributed by atoms with van der Waals surface area (Å²) in [4.78, 5) is 14.9. The van der Waals surface area contributed by atoms with Gasteiger partial charge in [0, 0.05) is 6.54 Å². The minimum Gasteiger partial charge on any atom is -0.354 e. The van der Waals surface area contributed by atoms with Crippen LogP contribution in [-0.4, -0.2) is 22.0 Å². The third-order valence-electron chi connectivity index (χ3n) is 3.22. The zero-order chi connectivity index (χ0) is 15.7. The van der Waals surface area contributed by atoms with E-state index >= 15 is 0 Å². The van der Waals surface area contributed by atoms with E-state index in [-0.39, 0.29) is 16.2 Å². The summed E-state index contributed by atoms with van der Waals surface area (Å²) in [5.74, 6) is -1.97. The molecule has 0 saturated heterocycles. The number of carbonyl (C=O) groups is 1. The number of H-pyrrole nitrogens is 1. The molecule has 0 saturated carbocycles. The van der Waals surface area contributed by atoms with Crippen molar-refractivity contribution in [2.24, 2.45) is 5.92 Å². The summed E-state index contributed by atoms with van der Waals surface area (Å²) >= 11 is 5.13. The van der Waals surface area contributed by atoms with Crippen LogP contribution in [0.5, 0.6) is 0 Å². The molecular weight excluding hydrogens is 296 g/mol. The summed E-state index contributed by atoms with van der Waals surface area (Å²) in [5, 5.41) is 2.76. The molecule has 7 heteroatoms. The molecule has 114 valence electrons. The van der Waals surface area contributed by atoms with E-state index < -0.39 is 17.7 Å². The smallest absolute Gasteiger partial charge is 0.242 e. The second kappa shape index (κ2) is 5.93. The number of imidazole rings is 1. The first-order chi connectivity index (χ1) is 9.82. The predicted molar refractivity (Wildman–Crippen MR) is 79.6 cm³/mol. The molecule has 2 N–H and O–H groups in total. The lowest BCUT2D eigenvalue weighted by Crippen LogP contribution is -2.33. The van der Waals surface area contributed by atoms with Gasteiger partial charge in [-0.15, -0.1) is 0 Å². The van der Waals surface area contributed by atoms with E-state index in [4.69, 9.17) is 12.2 Å². The topological polar surface area (TPSA) is 49.8 Å².